The van der Waals surface area contributed by atoms with Gasteiger partial charge in [0.1, 0.15) is 6.04 Å². The van der Waals surface area contributed by atoms with Crippen molar-refractivity contribution in [3.05, 3.63) is 29.8 Å². The molecule has 0 aliphatic carbocycles. The molecule has 1 atom stereocenters. The topological polar surface area (TPSA) is 96.0 Å². The second kappa shape index (κ2) is 8.17. The highest BCUT2D eigenvalue weighted by molar-refractivity contribution is 7.99. The van der Waals surface area contributed by atoms with Crippen LogP contribution in [0.2, 0.25) is 0 Å². The van der Waals surface area contributed by atoms with E-state index in [1.165, 1.54) is 55.1 Å². The number of rotatable bonds is 5. The molecule has 8 nitrogen and oxygen atoms in total. The van der Waals surface area contributed by atoms with Gasteiger partial charge in [0.05, 0.1) is 17.9 Å². The minimum absolute atomic E-state index is 0.0553. The van der Waals surface area contributed by atoms with E-state index < -0.39 is 21.6 Å². The smallest absolute Gasteiger partial charge is 0.264 e. The molecule has 1 heterocycles. The Balaban J connectivity index is 2.27. The lowest BCUT2D eigenvalue weighted by Gasteiger charge is -2.27. The van der Waals surface area contributed by atoms with Gasteiger partial charge in [-0.05, 0) is 39.0 Å². The number of carbonyl (C=O) groups excluding carboxylic acids is 2. The Hall–Kier alpha value is -1.62. The number of hydrogen-bond donors (Lipinski definition) is 1. The lowest BCUT2D eigenvalue weighted by Crippen LogP contribution is -2.52. The number of hydrogen-bond acceptors (Lipinski definition) is 6. The fourth-order valence-corrected chi connectivity index (χ4v) is 4.69. The molecule has 1 aliphatic rings. The first-order valence-electron chi connectivity index (χ1n) is 8.31. The Bertz CT molecular complexity index is 820. The Morgan fingerprint density at radius 1 is 1.33 bits per heavy atom. The van der Waals surface area contributed by atoms with E-state index in [0.29, 0.717) is 11.6 Å². The van der Waals surface area contributed by atoms with Gasteiger partial charge >= 0.3 is 0 Å². The van der Waals surface area contributed by atoms with Crippen molar-refractivity contribution >= 4 is 33.6 Å². The molecule has 0 saturated carbocycles. The molecule has 0 radical (unpaired) electrons. The fraction of sp³-hybridized carbons (Fsp3) is 0.529. The summed E-state index contributed by atoms with van der Waals surface area (Å²) < 4.78 is 25.5. The van der Waals surface area contributed by atoms with Gasteiger partial charge in [-0.2, -0.15) is 0 Å². The average molecular weight is 416 g/mol. The number of thioether (sulfide) groups is 1. The third-order valence-corrected chi connectivity index (χ3v) is 6.61. The van der Waals surface area contributed by atoms with Gasteiger partial charge in [-0.3, -0.25) is 14.4 Å². The van der Waals surface area contributed by atoms with Crippen LogP contribution in [0.3, 0.4) is 0 Å². The Labute approximate surface area is 164 Å². The lowest BCUT2D eigenvalue weighted by molar-refractivity contribution is -0.125. The highest BCUT2D eigenvalue weighted by atomic mass is 32.2. The Morgan fingerprint density at radius 3 is 2.59 bits per heavy atom. The van der Waals surface area contributed by atoms with Gasteiger partial charge < -0.3 is 10.2 Å². The molecule has 1 saturated heterocycles. The third-order valence-electron chi connectivity index (χ3n) is 3.92. The van der Waals surface area contributed by atoms with Crippen LogP contribution >= 0.6 is 11.8 Å². The molecule has 1 fully saturated rings. The van der Waals surface area contributed by atoms with Crippen molar-refractivity contribution in [1.29, 1.82) is 0 Å². The molecule has 0 aromatic heterocycles. The molecule has 150 valence electrons. The monoisotopic (exact) mass is 415 g/mol. The number of sulfonamides is 1. The maximum atomic E-state index is 12.9. The molecule has 1 aromatic carbocycles. The summed E-state index contributed by atoms with van der Waals surface area (Å²) >= 11 is 1.48. The van der Waals surface area contributed by atoms with Crippen molar-refractivity contribution in [3.8, 4) is 0 Å². The van der Waals surface area contributed by atoms with Crippen molar-refractivity contribution in [1.82, 2.24) is 14.7 Å². The van der Waals surface area contributed by atoms with Crippen LogP contribution in [-0.4, -0.2) is 67.0 Å². The van der Waals surface area contributed by atoms with Gasteiger partial charge in [-0.15, -0.1) is 11.8 Å². The van der Waals surface area contributed by atoms with E-state index in [1.807, 2.05) is 20.8 Å². The van der Waals surface area contributed by atoms with Crippen LogP contribution in [0.25, 0.3) is 0 Å². The molecule has 1 N–H and O–H groups in total. The first kappa shape index (κ1) is 21.7. The summed E-state index contributed by atoms with van der Waals surface area (Å²) in [4.78, 5) is 31.6. The molecule has 0 spiro atoms. The van der Waals surface area contributed by atoms with Gasteiger partial charge in [0.2, 0.25) is 5.91 Å². The van der Waals surface area contributed by atoms with Crippen LogP contribution in [0.1, 0.15) is 31.1 Å². The molecule has 2 rings (SSSR count). The molecule has 1 aromatic rings. The van der Waals surface area contributed by atoms with Crippen LogP contribution in [-0.2, 0) is 19.7 Å². The van der Waals surface area contributed by atoms with Crippen LogP contribution in [0, 0.1) is 0 Å². The molecule has 1 unspecified atom stereocenters. The summed E-state index contributed by atoms with van der Waals surface area (Å²) in [5.41, 5.74) is -0.200. The van der Waals surface area contributed by atoms with Gasteiger partial charge in [0, 0.05) is 23.9 Å². The molecule has 10 heteroatoms. The number of carbonyl (C=O) groups is 2. The quantitative estimate of drug-likeness (QED) is 0.728. The zero-order valence-corrected chi connectivity index (χ0v) is 17.7. The van der Waals surface area contributed by atoms with E-state index in [4.69, 9.17) is 4.84 Å². The van der Waals surface area contributed by atoms with Gasteiger partial charge in [-0.25, -0.2) is 8.42 Å². The standard InChI is InChI=1S/C17H25N3O5S2/c1-17(2,3)18-15(21)14-10-26-11-20(14)16(22)12-7-6-8-13(9-12)27(23,24)19(4)25-5/h6-9,14H,10-11H2,1-5H3,(H,18,21). The van der Waals surface area contributed by atoms with Crippen molar-refractivity contribution < 1.29 is 22.8 Å². The predicted octanol–water partition coefficient (Wildman–Crippen LogP) is 1.30. The summed E-state index contributed by atoms with van der Waals surface area (Å²) in [5, 5.41) is 2.89. The van der Waals surface area contributed by atoms with E-state index in [2.05, 4.69) is 5.32 Å². The number of nitrogens with zero attached hydrogens (tertiary/aromatic N) is 2. The maximum absolute atomic E-state index is 12.9. The number of hydroxylamine groups is 1. The van der Waals surface area contributed by atoms with E-state index in [1.54, 1.807) is 0 Å². The zero-order valence-electron chi connectivity index (χ0n) is 16.1. The molecular weight excluding hydrogens is 390 g/mol. The van der Waals surface area contributed by atoms with Gasteiger partial charge in [0.25, 0.3) is 15.9 Å². The number of benzene rings is 1. The van der Waals surface area contributed by atoms with Crippen molar-refractivity contribution in [3.63, 3.8) is 0 Å². The second-order valence-electron chi connectivity index (χ2n) is 7.16. The first-order valence-corrected chi connectivity index (χ1v) is 10.9. The van der Waals surface area contributed by atoms with Crippen LogP contribution in [0.5, 0.6) is 0 Å². The van der Waals surface area contributed by atoms with E-state index in [0.717, 1.165) is 4.47 Å². The third kappa shape index (κ3) is 5.01. The molecule has 2 amide bonds. The van der Waals surface area contributed by atoms with E-state index >= 15 is 0 Å². The Kier molecular flexibility index (Phi) is 6.56. The first-order chi connectivity index (χ1) is 12.5. The molecule has 27 heavy (non-hydrogen) atoms. The molecule has 0 bridgehead atoms. The minimum atomic E-state index is -3.87. The van der Waals surface area contributed by atoms with Crippen LogP contribution in [0.4, 0.5) is 0 Å². The maximum Gasteiger partial charge on any atom is 0.264 e. The highest BCUT2D eigenvalue weighted by Gasteiger charge is 2.36. The summed E-state index contributed by atoms with van der Waals surface area (Å²) in [6, 6.07) is 5.13. The van der Waals surface area contributed by atoms with Crippen LogP contribution < -0.4 is 5.32 Å². The van der Waals surface area contributed by atoms with Gasteiger partial charge in [0.15, 0.2) is 0 Å². The summed E-state index contributed by atoms with van der Waals surface area (Å²) in [7, 11) is -1.35. The molecule has 1 aliphatic heterocycles. The number of amides is 2. The summed E-state index contributed by atoms with van der Waals surface area (Å²) in [6.07, 6.45) is 0. The predicted molar refractivity (Wildman–Crippen MR) is 104 cm³/mol. The van der Waals surface area contributed by atoms with E-state index in [9.17, 15) is 18.0 Å². The fourth-order valence-electron chi connectivity index (χ4n) is 2.51. The van der Waals surface area contributed by atoms with Crippen LogP contribution in [0.15, 0.2) is 29.2 Å². The minimum Gasteiger partial charge on any atom is -0.350 e. The normalized spacial score (nSPS) is 18.0. The van der Waals surface area contributed by atoms with Crippen molar-refractivity contribution in [2.45, 2.75) is 37.2 Å². The average Bonchev–Trinajstić information content (AvgIpc) is 3.08. The summed E-state index contributed by atoms with van der Waals surface area (Å²) in [6.45, 7) is 5.62. The zero-order chi connectivity index (χ0) is 20.4. The SMILES string of the molecule is CON(C)S(=O)(=O)c1cccc(C(=O)N2CSCC2C(=O)NC(C)(C)C)c1. The number of nitrogens with one attached hydrogen (secondary N) is 1. The highest BCUT2D eigenvalue weighted by Crippen LogP contribution is 2.25. The Morgan fingerprint density at radius 2 is 2.00 bits per heavy atom. The lowest BCUT2D eigenvalue weighted by atomic mass is 10.1. The van der Waals surface area contributed by atoms with Crippen molar-refractivity contribution in [2.75, 3.05) is 25.8 Å². The van der Waals surface area contributed by atoms with E-state index in [-0.39, 0.29) is 22.3 Å². The summed E-state index contributed by atoms with van der Waals surface area (Å²) in [5.74, 6) is 0.267. The molecular formula is C17H25N3O5S2. The second-order valence-corrected chi connectivity index (χ2v) is 10.1. The van der Waals surface area contributed by atoms with Gasteiger partial charge in [-0.1, -0.05) is 10.5 Å². The largest absolute Gasteiger partial charge is 0.350 e. The van der Waals surface area contributed by atoms with Crippen molar-refractivity contribution in [2.24, 2.45) is 0 Å².